The predicted molar refractivity (Wildman–Crippen MR) is 61.7 cm³/mol. The standard InChI is InChI=1S/C12H18N2O3/c1-8(9-4-2-3-5-9)13-7-10-6-11(12(15)16)14-17-10/h6,8-9,13H,2-5,7H2,1H3,(H,15,16)/t8-/m1/s1. The van der Waals surface area contributed by atoms with Gasteiger partial charge in [0.05, 0.1) is 6.54 Å². The molecule has 0 spiro atoms. The molecule has 1 aliphatic rings. The molecule has 94 valence electrons. The van der Waals surface area contributed by atoms with Crippen molar-refractivity contribution in [2.75, 3.05) is 0 Å². The molecule has 5 heteroatoms. The third-order valence-electron chi connectivity index (χ3n) is 3.48. The molecule has 0 bridgehead atoms. The van der Waals surface area contributed by atoms with E-state index in [2.05, 4.69) is 17.4 Å². The summed E-state index contributed by atoms with van der Waals surface area (Å²) in [5.41, 5.74) is -0.0321. The lowest BCUT2D eigenvalue weighted by Crippen LogP contribution is -2.31. The maximum atomic E-state index is 10.6. The number of carboxylic acid groups (broad SMARTS) is 1. The molecule has 1 aromatic heterocycles. The summed E-state index contributed by atoms with van der Waals surface area (Å²) in [6.07, 6.45) is 5.21. The van der Waals surface area contributed by atoms with Crippen LogP contribution in [0, 0.1) is 5.92 Å². The third-order valence-corrected chi connectivity index (χ3v) is 3.48. The van der Waals surface area contributed by atoms with Crippen molar-refractivity contribution in [3.05, 3.63) is 17.5 Å². The monoisotopic (exact) mass is 238 g/mol. The molecule has 17 heavy (non-hydrogen) atoms. The third kappa shape index (κ3) is 3.06. The highest BCUT2D eigenvalue weighted by Crippen LogP contribution is 2.27. The molecule has 0 aromatic carbocycles. The number of rotatable bonds is 5. The van der Waals surface area contributed by atoms with Gasteiger partial charge in [-0.2, -0.15) is 0 Å². The zero-order valence-electron chi connectivity index (χ0n) is 9.98. The van der Waals surface area contributed by atoms with Crippen LogP contribution in [0.5, 0.6) is 0 Å². The van der Waals surface area contributed by atoms with Crippen molar-refractivity contribution >= 4 is 5.97 Å². The topological polar surface area (TPSA) is 75.4 Å². The molecule has 0 amide bonds. The molecule has 1 aromatic rings. The normalized spacial score (nSPS) is 18.4. The van der Waals surface area contributed by atoms with Crippen LogP contribution in [0.25, 0.3) is 0 Å². The van der Waals surface area contributed by atoms with Crippen molar-refractivity contribution in [1.82, 2.24) is 10.5 Å². The van der Waals surface area contributed by atoms with Crippen LogP contribution in [0.2, 0.25) is 0 Å². The van der Waals surface area contributed by atoms with Crippen LogP contribution in [0.4, 0.5) is 0 Å². The first-order valence-corrected chi connectivity index (χ1v) is 6.09. The summed E-state index contributed by atoms with van der Waals surface area (Å²) < 4.78 is 4.95. The summed E-state index contributed by atoms with van der Waals surface area (Å²) in [6.45, 7) is 2.71. The number of hydrogen-bond acceptors (Lipinski definition) is 4. The van der Waals surface area contributed by atoms with Gasteiger partial charge in [0, 0.05) is 12.1 Å². The Balaban J connectivity index is 1.82. The zero-order valence-corrected chi connectivity index (χ0v) is 9.98. The minimum absolute atomic E-state index is 0.0321. The Morgan fingerprint density at radius 3 is 2.94 bits per heavy atom. The molecule has 1 aliphatic carbocycles. The van der Waals surface area contributed by atoms with E-state index in [0.29, 0.717) is 18.3 Å². The molecular weight excluding hydrogens is 220 g/mol. The lowest BCUT2D eigenvalue weighted by Gasteiger charge is -2.19. The number of aromatic nitrogens is 1. The maximum absolute atomic E-state index is 10.6. The number of carboxylic acids is 1. The summed E-state index contributed by atoms with van der Waals surface area (Å²) in [7, 11) is 0. The summed E-state index contributed by atoms with van der Waals surface area (Å²) in [4.78, 5) is 10.6. The second-order valence-electron chi connectivity index (χ2n) is 4.70. The highest BCUT2D eigenvalue weighted by Gasteiger charge is 2.21. The number of carbonyl (C=O) groups is 1. The average Bonchev–Trinajstić information content (AvgIpc) is 2.97. The lowest BCUT2D eigenvalue weighted by atomic mass is 10.00. The average molecular weight is 238 g/mol. The molecule has 2 rings (SSSR count). The molecule has 0 saturated heterocycles. The lowest BCUT2D eigenvalue weighted by molar-refractivity contribution is 0.0685. The van der Waals surface area contributed by atoms with Crippen LogP contribution in [0.3, 0.4) is 0 Å². The van der Waals surface area contributed by atoms with E-state index in [9.17, 15) is 4.79 Å². The van der Waals surface area contributed by atoms with Gasteiger partial charge in [0.25, 0.3) is 0 Å². The van der Waals surface area contributed by atoms with Gasteiger partial charge in [-0.3, -0.25) is 0 Å². The molecule has 2 N–H and O–H groups in total. The van der Waals surface area contributed by atoms with E-state index in [-0.39, 0.29) is 5.69 Å². The summed E-state index contributed by atoms with van der Waals surface area (Å²) in [5, 5.41) is 15.5. The fourth-order valence-electron chi connectivity index (χ4n) is 2.38. The van der Waals surface area contributed by atoms with Gasteiger partial charge < -0.3 is 14.9 Å². The van der Waals surface area contributed by atoms with Crippen molar-refractivity contribution in [3.63, 3.8) is 0 Å². The van der Waals surface area contributed by atoms with E-state index in [1.807, 2.05) is 0 Å². The molecule has 1 heterocycles. The van der Waals surface area contributed by atoms with Crippen molar-refractivity contribution < 1.29 is 14.4 Å². The van der Waals surface area contributed by atoms with E-state index < -0.39 is 5.97 Å². The smallest absolute Gasteiger partial charge is 0.358 e. The number of nitrogens with one attached hydrogen (secondary N) is 1. The Kier molecular flexibility index (Phi) is 3.78. The summed E-state index contributed by atoms with van der Waals surface area (Å²) >= 11 is 0. The Labute approximate surface area is 100 Å². The minimum Gasteiger partial charge on any atom is -0.476 e. The van der Waals surface area contributed by atoms with E-state index >= 15 is 0 Å². The van der Waals surface area contributed by atoms with Crippen LogP contribution in [-0.2, 0) is 6.54 Å². The molecule has 1 atom stereocenters. The Bertz CT molecular complexity index is 383. The van der Waals surface area contributed by atoms with Crippen LogP contribution in [0.1, 0.15) is 48.9 Å². The number of hydrogen-bond donors (Lipinski definition) is 2. The predicted octanol–water partition coefficient (Wildman–Crippen LogP) is 2.04. The minimum atomic E-state index is -1.05. The Morgan fingerprint density at radius 2 is 2.35 bits per heavy atom. The fourth-order valence-corrected chi connectivity index (χ4v) is 2.38. The molecule has 1 fully saturated rings. The second-order valence-corrected chi connectivity index (χ2v) is 4.70. The quantitative estimate of drug-likeness (QED) is 0.821. The van der Waals surface area contributed by atoms with Crippen LogP contribution in [0.15, 0.2) is 10.6 Å². The van der Waals surface area contributed by atoms with E-state index in [4.69, 9.17) is 9.63 Å². The van der Waals surface area contributed by atoms with Gasteiger partial charge in [0.1, 0.15) is 0 Å². The van der Waals surface area contributed by atoms with Gasteiger partial charge in [-0.15, -0.1) is 0 Å². The van der Waals surface area contributed by atoms with Crippen LogP contribution < -0.4 is 5.32 Å². The van der Waals surface area contributed by atoms with Crippen molar-refractivity contribution in [3.8, 4) is 0 Å². The molecule has 0 unspecified atom stereocenters. The van der Waals surface area contributed by atoms with Crippen molar-refractivity contribution in [2.24, 2.45) is 5.92 Å². The molecule has 1 saturated carbocycles. The second kappa shape index (κ2) is 5.31. The van der Waals surface area contributed by atoms with Gasteiger partial charge in [0.15, 0.2) is 11.5 Å². The Morgan fingerprint density at radius 1 is 1.65 bits per heavy atom. The first kappa shape index (κ1) is 12.1. The molecule has 0 radical (unpaired) electrons. The van der Waals surface area contributed by atoms with Gasteiger partial charge >= 0.3 is 5.97 Å². The first-order valence-electron chi connectivity index (χ1n) is 6.09. The molecule has 5 nitrogen and oxygen atoms in total. The van der Waals surface area contributed by atoms with Gasteiger partial charge in [-0.1, -0.05) is 18.0 Å². The highest BCUT2D eigenvalue weighted by atomic mass is 16.5. The zero-order chi connectivity index (χ0) is 12.3. The number of nitrogens with zero attached hydrogens (tertiary/aromatic N) is 1. The number of aromatic carboxylic acids is 1. The maximum Gasteiger partial charge on any atom is 0.358 e. The summed E-state index contributed by atoms with van der Waals surface area (Å²) in [6, 6.07) is 1.91. The van der Waals surface area contributed by atoms with Gasteiger partial charge in [0.2, 0.25) is 0 Å². The SMILES string of the molecule is C[C@@H](NCc1cc(C(=O)O)no1)C1CCCC1. The van der Waals surface area contributed by atoms with E-state index in [1.165, 1.54) is 31.7 Å². The van der Waals surface area contributed by atoms with E-state index in [0.717, 1.165) is 5.92 Å². The van der Waals surface area contributed by atoms with Crippen molar-refractivity contribution in [2.45, 2.75) is 45.2 Å². The first-order chi connectivity index (χ1) is 8.16. The van der Waals surface area contributed by atoms with E-state index in [1.54, 1.807) is 0 Å². The molecular formula is C12H18N2O3. The molecule has 0 aliphatic heterocycles. The van der Waals surface area contributed by atoms with Crippen LogP contribution >= 0.6 is 0 Å². The summed E-state index contributed by atoms with van der Waals surface area (Å²) in [5.74, 6) is 0.257. The van der Waals surface area contributed by atoms with Crippen LogP contribution in [-0.4, -0.2) is 22.3 Å². The Hall–Kier alpha value is -1.36. The largest absolute Gasteiger partial charge is 0.476 e. The highest BCUT2D eigenvalue weighted by molar-refractivity contribution is 5.85. The van der Waals surface area contributed by atoms with Crippen molar-refractivity contribution in [1.29, 1.82) is 0 Å². The van der Waals surface area contributed by atoms with Gasteiger partial charge in [-0.25, -0.2) is 4.79 Å². The van der Waals surface area contributed by atoms with Gasteiger partial charge in [-0.05, 0) is 25.7 Å². The fraction of sp³-hybridized carbons (Fsp3) is 0.667.